The number of halogens is 1. The van der Waals surface area contributed by atoms with Crippen LogP contribution in [-0.4, -0.2) is 0 Å². The van der Waals surface area contributed by atoms with E-state index < -0.39 is 0 Å². The quantitative estimate of drug-likeness (QED) is 0.599. The first kappa shape index (κ1) is 14.8. The van der Waals surface area contributed by atoms with Gasteiger partial charge in [0, 0.05) is 34.4 Å². The Morgan fingerprint density at radius 3 is 2.76 bits per heavy atom. The molecule has 0 atom stereocenters. The molecule has 1 aromatic carbocycles. The lowest BCUT2D eigenvalue weighted by atomic mass is 9.75. The van der Waals surface area contributed by atoms with Crippen LogP contribution in [0.15, 0.2) is 24.3 Å². The lowest BCUT2D eigenvalue weighted by molar-refractivity contribution is -0.400. The molecule has 0 saturated carbocycles. The van der Waals surface area contributed by atoms with Gasteiger partial charge in [-0.2, -0.15) is 0 Å². The number of fused-ring (bicyclic) bond motifs is 5. The van der Waals surface area contributed by atoms with E-state index in [1.165, 1.54) is 50.8 Å². The summed E-state index contributed by atoms with van der Waals surface area (Å²) in [6.45, 7) is 6.99. The van der Waals surface area contributed by atoms with Crippen molar-refractivity contribution in [2.24, 2.45) is 5.41 Å². The normalized spacial score (nSPS) is 16.7. The average Bonchev–Trinajstić information content (AvgIpc) is 2.78. The monoisotopic (exact) mass is 317 g/mol. The van der Waals surface area contributed by atoms with Crippen molar-refractivity contribution < 1.29 is 17.4 Å². The number of thiophene rings is 1. The van der Waals surface area contributed by atoms with Crippen LogP contribution >= 0.6 is 11.3 Å². The summed E-state index contributed by atoms with van der Waals surface area (Å²) in [4.78, 5) is 3.70. The SMILES string of the molecule is Cc1[nH+]c2c(c3c1sc1ccccc13)CCC(C)(C)C2.[Cl-]. The molecule has 0 radical (unpaired) electrons. The first-order valence-corrected chi connectivity index (χ1v) is 8.22. The Hall–Kier alpha value is -1.12. The Kier molecular flexibility index (Phi) is 3.50. The number of nitrogens with one attached hydrogen (secondary N) is 1. The first-order valence-electron chi connectivity index (χ1n) is 7.40. The predicted molar refractivity (Wildman–Crippen MR) is 86.4 cm³/mol. The van der Waals surface area contributed by atoms with Crippen LogP contribution in [0.3, 0.4) is 0 Å². The Morgan fingerprint density at radius 2 is 1.95 bits per heavy atom. The highest BCUT2D eigenvalue weighted by Crippen LogP contribution is 2.42. The van der Waals surface area contributed by atoms with Gasteiger partial charge in [-0.3, -0.25) is 0 Å². The fraction of sp³-hybridized carbons (Fsp3) is 0.389. The second-order valence-corrected chi connectivity index (χ2v) is 7.90. The molecule has 1 nitrogen and oxygen atoms in total. The third-order valence-electron chi connectivity index (χ3n) is 4.65. The van der Waals surface area contributed by atoms with Gasteiger partial charge in [0.15, 0.2) is 11.4 Å². The van der Waals surface area contributed by atoms with Crippen LogP contribution in [0.1, 0.15) is 37.2 Å². The Morgan fingerprint density at radius 1 is 1.19 bits per heavy atom. The maximum Gasteiger partial charge on any atom is 0.194 e. The fourth-order valence-corrected chi connectivity index (χ4v) is 4.76. The highest BCUT2D eigenvalue weighted by atomic mass is 35.5. The molecule has 2 heterocycles. The van der Waals surface area contributed by atoms with Crippen molar-refractivity contribution in [3.8, 4) is 0 Å². The number of hydrogen-bond acceptors (Lipinski definition) is 1. The van der Waals surface area contributed by atoms with Gasteiger partial charge in [0.25, 0.3) is 0 Å². The summed E-state index contributed by atoms with van der Waals surface area (Å²) in [6, 6.07) is 8.85. The molecule has 110 valence electrons. The predicted octanol–water partition coefficient (Wildman–Crippen LogP) is 1.70. The maximum absolute atomic E-state index is 3.70. The van der Waals surface area contributed by atoms with E-state index in [2.05, 4.69) is 50.0 Å². The largest absolute Gasteiger partial charge is 1.00 e. The lowest BCUT2D eigenvalue weighted by Crippen LogP contribution is -3.00. The highest BCUT2D eigenvalue weighted by Gasteiger charge is 2.32. The average molecular weight is 318 g/mol. The molecule has 4 rings (SSSR count). The summed E-state index contributed by atoms with van der Waals surface area (Å²) in [7, 11) is 0. The van der Waals surface area contributed by atoms with E-state index >= 15 is 0 Å². The zero-order valence-corrected chi connectivity index (χ0v) is 14.3. The van der Waals surface area contributed by atoms with Gasteiger partial charge >= 0.3 is 0 Å². The molecule has 1 aliphatic carbocycles. The molecule has 0 unspecified atom stereocenters. The van der Waals surface area contributed by atoms with E-state index in [9.17, 15) is 0 Å². The molecule has 1 aliphatic rings. The Labute approximate surface area is 135 Å². The molecule has 3 aromatic rings. The van der Waals surface area contributed by atoms with E-state index in [0.717, 1.165) is 0 Å². The van der Waals surface area contributed by atoms with Gasteiger partial charge in [-0.05, 0) is 24.3 Å². The number of hydrogen-bond donors (Lipinski definition) is 0. The van der Waals surface area contributed by atoms with E-state index in [4.69, 9.17) is 0 Å². The number of rotatable bonds is 0. The standard InChI is InChI=1S/C18H19NS.ClH/c1-11-17-16(13-6-4-5-7-15(13)20-17)12-8-9-18(2,3)10-14(12)19-11;/h4-7H,8-10H2,1-3H3;1H. The number of aromatic amines is 1. The number of H-pyrrole nitrogens is 1. The van der Waals surface area contributed by atoms with Gasteiger partial charge in [-0.15, -0.1) is 11.3 Å². The number of pyridine rings is 1. The zero-order chi connectivity index (χ0) is 13.9. The summed E-state index contributed by atoms with van der Waals surface area (Å²) in [5, 5.41) is 2.97. The van der Waals surface area contributed by atoms with Crippen molar-refractivity contribution >= 4 is 31.5 Å². The molecular weight excluding hydrogens is 298 g/mol. The molecule has 0 bridgehead atoms. The summed E-state index contributed by atoms with van der Waals surface area (Å²) < 4.78 is 2.86. The van der Waals surface area contributed by atoms with Gasteiger partial charge < -0.3 is 12.4 Å². The fourth-order valence-electron chi connectivity index (χ4n) is 3.58. The third-order valence-corrected chi connectivity index (χ3v) is 5.94. The Balaban J connectivity index is 0.00000132. The third kappa shape index (κ3) is 2.25. The molecule has 0 amide bonds. The van der Waals surface area contributed by atoms with E-state index in [1.54, 1.807) is 5.56 Å². The maximum atomic E-state index is 3.70. The van der Waals surface area contributed by atoms with Crippen LogP contribution in [0.2, 0.25) is 0 Å². The van der Waals surface area contributed by atoms with Gasteiger partial charge in [-0.1, -0.05) is 32.0 Å². The van der Waals surface area contributed by atoms with Crippen molar-refractivity contribution in [3.63, 3.8) is 0 Å². The van der Waals surface area contributed by atoms with Gasteiger partial charge in [0.05, 0.1) is 0 Å². The second kappa shape index (κ2) is 4.96. The molecule has 0 spiro atoms. The van der Waals surface area contributed by atoms with Crippen molar-refractivity contribution in [2.45, 2.75) is 40.0 Å². The summed E-state index contributed by atoms with van der Waals surface area (Å²) in [6.07, 6.45) is 3.66. The van der Waals surface area contributed by atoms with Crippen LogP contribution < -0.4 is 17.4 Å². The molecule has 0 fully saturated rings. The van der Waals surface area contributed by atoms with Crippen LogP contribution in [0, 0.1) is 12.3 Å². The van der Waals surface area contributed by atoms with Crippen LogP contribution in [0.5, 0.6) is 0 Å². The topological polar surface area (TPSA) is 14.1 Å². The number of benzene rings is 1. The van der Waals surface area contributed by atoms with Crippen molar-refractivity contribution in [2.75, 3.05) is 0 Å². The Bertz CT molecular complexity index is 832. The van der Waals surface area contributed by atoms with Gasteiger partial charge in [0.1, 0.15) is 4.70 Å². The van der Waals surface area contributed by atoms with E-state index in [1.807, 2.05) is 11.3 Å². The summed E-state index contributed by atoms with van der Waals surface area (Å²) in [5.41, 5.74) is 4.80. The molecule has 21 heavy (non-hydrogen) atoms. The van der Waals surface area contributed by atoms with Gasteiger partial charge in [0.2, 0.25) is 0 Å². The van der Waals surface area contributed by atoms with Crippen molar-refractivity contribution in [1.82, 2.24) is 0 Å². The molecule has 0 aliphatic heterocycles. The summed E-state index contributed by atoms with van der Waals surface area (Å²) >= 11 is 1.93. The molecule has 1 N–H and O–H groups in total. The highest BCUT2D eigenvalue weighted by molar-refractivity contribution is 7.26. The summed E-state index contributed by atoms with van der Waals surface area (Å²) in [5.74, 6) is 0. The zero-order valence-electron chi connectivity index (χ0n) is 12.7. The minimum Gasteiger partial charge on any atom is -1.00 e. The smallest absolute Gasteiger partial charge is 0.194 e. The number of aromatic nitrogens is 1. The van der Waals surface area contributed by atoms with E-state index in [-0.39, 0.29) is 12.4 Å². The number of aryl methyl sites for hydroxylation is 2. The molecule has 2 aromatic heterocycles. The molecule has 0 saturated heterocycles. The molecule has 3 heteroatoms. The van der Waals surface area contributed by atoms with Crippen molar-refractivity contribution in [1.29, 1.82) is 0 Å². The minimum absolute atomic E-state index is 0. The van der Waals surface area contributed by atoms with Crippen molar-refractivity contribution in [3.05, 3.63) is 41.2 Å². The van der Waals surface area contributed by atoms with E-state index in [0.29, 0.717) is 5.41 Å². The van der Waals surface area contributed by atoms with Crippen LogP contribution in [0.4, 0.5) is 0 Å². The van der Waals surface area contributed by atoms with Crippen LogP contribution in [-0.2, 0) is 12.8 Å². The minimum atomic E-state index is 0. The molecular formula is C18H20ClNS. The first-order chi connectivity index (χ1) is 9.55. The van der Waals surface area contributed by atoms with Crippen LogP contribution in [0.25, 0.3) is 20.2 Å². The van der Waals surface area contributed by atoms with Gasteiger partial charge in [-0.25, -0.2) is 4.98 Å². The lowest BCUT2D eigenvalue weighted by Gasteiger charge is -2.28. The second-order valence-electron chi connectivity index (χ2n) is 6.85.